The number of sulfonamides is 1. The Balaban J connectivity index is 1.63. The fourth-order valence-electron chi connectivity index (χ4n) is 5.93. The smallest absolute Gasteiger partial charge is 0.267 e. The normalized spacial score (nSPS) is 20.5. The lowest BCUT2D eigenvalue weighted by molar-refractivity contribution is -0.0177. The van der Waals surface area contributed by atoms with E-state index in [1.165, 1.54) is 13.0 Å². The number of methoxy groups -OCH3 is 1. The number of nitrogens with one attached hydrogen (secondary N) is 1. The van der Waals surface area contributed by atoms with Gasteiger partial charge in [0.25, 0.3) is 15.9 Å². The molecule has 1 amide bonds. The molecule has 0 bridgehead atoms. The van der Waals surface area contributed by atoms with E-state index in [0.29, 0.717) is 32.0 Å². The van der Waals surface area contributed by atoms with Crippen LogP contribution in [0.5, 0.6) is 11.5 Å². The van der Waals surface area contributed by atoms with Crippen molar-refractivity contribution in [2.75, 3.05) is 45.2 Å². The molecule has 4 atom stereocenters. The molecule has 0 spiro atoms. The van der Waals surface area contributed by atoms with Gasteiger partial charge in [-0.1, -0.05) is 24.2 Å². The molecule has 3 aromatic rings. The summed E-state index contributed by atoms with van der Waals surface area (Å²) in [5, 5.41) is 14.0. The van der Waals surface area contributed by atoms with Crippen molar-refractivity contribution in [3.8, 4) is 11.5 Å². The predicted octanol–water partition coefficient (Wildman–Crippen LogP) is 5.03. The summed E-state index contributed by atoms with van der Waals surface area (Å²) in [6.45, 7) is 10.8. The van der Waals surface area contributed by atoms with E-state index >= 15 is 0 Å². The lowest BCUT2D eigenvalue weighted by Gasteiger charge is -2.36. The largest absolute Gasteiger partial charge is 0.497 e. The van der Waals surface area contributed by atoms with Gasteiger partial charge in [0.2, 0.25) is 0 Å². The summed E-state index contributed by atoms with van der Waals surface area (Å²) in [4.78, 5) is 18.2. The standard InChI is InChI=1S/C35H50N4O8S/c1-23-19-39(24(2)22-40)35(41)31-18-29(37-48(42,43)34-26(4)36-47-27(34)5)13-16-32(31)46-25(3)10-8-9-17-45-33(23)21-38(6)20-28-11-14-30(44-7)15-12-28/h11-16,18,23-25,33,37,40H,8-10,17,19-22H2,1-7H3/t23-,24-,25+,33+/m0/s1. The lowest BCUT2D eigenvalue weighted by Crippen LogP contribution is -2.47. The SMILES string of the molecule is COc1ccc(CN(C)C[C@H]2OCCCC[C@@H](C)Oc3ccc(NS(=O)(=O)c4c(C)noc4C)cc3C(=O)N([C@@H](C)CO)C[C@@H]2C)cc1. The van der Waals surface area contributed by atoms with Crippen molar-refractivity contribution in [3.05, 3.63) is 65.0 Å². The van der Waals surface area contributed by atoms with Crippen LogP contribution in [0.3, 0.4) is 0 Å². The molecule has 1 aromatic heterocycles. The van der Waals surface area contributed by atoms with E-state index in [0.717, 1.165) is 30.6 Å². The minimum absolute atomic E-state index is 0.0499. The number of likely N-dealkylation sites (N-methyl/N-ethyl adjacent to an activating group) is 1. The fraction of sp³-hybridized carbons (Fsp3) is 0.543. The van der Waals surface area contributed by atoms with Gasteiger partial charge in [-0.25, -0.2) is 8.42 Å². The van der Waals surface area contributed by atoms with Crippen molar-refractivity contribution < 1.29 is 37.1 Å². The third kappa shape index (κ3) is 9.49. The van der Waals surface area contributed by atoms with Gasteiger partial charge in [0, 0.05) is 37.8 Å². The molecule has 13 heteroatoms. The summed E-state index contributed by atoms with van der Waals surface area (Å²) in [6.07, 6.45) is 2.06. The molecule has 0 radical (unpaired) electrons. The summed E-state index contributed by atoms with van der Waals surface area (Å²) in [6, 6.07) is 12.1. The number of carbonyl (C=O) groups is 1. The van der Waals surface area contributed by atoms with Crippen molar-refractivity contribution in [1.29, 1.82) is 0 Å². The van der Waals surface area contributed by atoms with Crippen LogP contribution in [0.15, 0.2) is 51.9 Å². The quantitative estimate of drug-likeness (QED) is 0.298. The van der Waals surface area contributed by atoms with Gasteiger partial charge in [-0.3, -0.25) is 14.4 Å². The van der Waals surface area contributed by atoms with Gasteiger partial charge in [0.1, 0.15) is 17.2 Å². The van der Waals surface area contributed by atoms with Crippen LogP contribution in [-0.2, 0) is 21.3 Å². The molecule has 1 aliphatic heterocycles. The number of anilines is 1. The van der Waals surface area contributed by atoms with Gasteiger partial charge in [-0.05, 0) is 89.9 Å². The number of aryl methyl sites for hydroxylation is 2. The average molecular weight is 687 g/mol. The van der Waals surface area contributed by atoms with Gasteiger partial charge in [-0.2, -0.15) is 0 Å². The van der Waals surface area contributed by atoms with Crippen LogP contribution in [0.1, 0.15) is 67.4 Å². The zero-order valence-electron chi connectivity index (χ0n) is 29.1. The van der Waals surface area contributed by atoms with Crippen molar-refractivity contribution in [2.24, 2.45) is 5.92 Å². The highest BCUT2D eigenvalue weighted by atomic mass is 32.2. The number of hydrogen-bond acceptors (Lipinski definition) is 10. The van der Waals surface area contributed by atoms with Crippen LogP contribution >= 0.6 is 0 Å². The Labute approximate surface area is 284 Å². The number of ether oxygens (including phenoxy) is 3. The average Bonchev–Trinajstić information content (AvgIpc) is 3.40. The summed E-state index contributed by atoms with van der Waals surface area (Å²) in [5.41, 5.74) is 1.75. The molecule has 0 saturated carbocycles. The minimum Gasteiger partial charge on any atom is -0.497 e. The van der Waals surface area contributed by atoms with E-state index in [1.807, 2.05) is 38.2 Å². The number of amides is 1. The second-order valence-electron chi connectivity index (χ2n) is 12.8. The third-order valence-electron chi connectivity index (χ3n) is 8.64. The molecular formula is C35H50N4O8S. The molecule has 2 heterocycles. The van der Waals surface area contributed by atoms with Crippen LogP contribution in [-0.4, -0.2) is 93.1 Å². The van der Waals surface area contributed by atoms with Crippen LogP contribution in [0.25, 0.3) is 0 Å². The Morgan fingerprint density at radius 3 is 2.52 bits per heavy atom. The van der Waals surface area contributed by atoms with Crippen LogP contribution in [0, 0.1) is 19.8 Å². The first-order valence-electron chi connectivity index (χ1n) is 16.4. The van der Waals surface area contributed by atoms with Crippen molar-refractivity contribution >= 4 is 21.6 Å². The van der Waals surface area contributed by atoms with Gasteiger partial charge in [0.15, 0.2) is 10.7 Å². The second kappa shape index (κ2) is 16.6. The molecule has 0 saturated heterocycles. The third-order valence-corrected chi connectivity index (χ3v) is 10.3. The molecule has 48 heavy (non-hydrogen) atoms. The van der Waals surface area contributed by atoms with Crippen LogP contribution < -0.4 is 14.2 Å². The number of nitrogens with zero attached hydrogens (tertiary/aromatic N) is 3. The predicted molar refractivity (Wildman–Crippen MR) is 183 cm³/mol. The van der Waals surface area contributed by atoms with E-state index in [-0.39, 0.29) is 58.2 Å². The van der Waals surface area contributed by atoms with E-state index in [2.05, 4.69) is 21.7 Å². The number of aliphatic hydroxyl groups is 1. The molecule has 0 unspecified atom stereocenters. The first-order valence-corrected chi connectivity index (χ1v) is 17.9. The number of aliphatic hydroxyl groups excluding tert-OH is 1. The highest BCUT2D eigenvalue weighted by molar-refractivity contribution is 7.92. The highest BCUT2D eigenvalue weighted by Gasteiger charge is 2.31. The zero-order chi connectivity index (χ0) is 35.0. The number of benzene rings is 2. The number of rotatable bonds is 10. The Morgan fingerprint density at radius 1 is 1.15 bits per heavy atom. The molecule has 2 aromatic carbocycles. The summed E-state index contributed by atoms with van der Waals surface area (Å²) >= 11 is 0. The summed E-state index contributed by atoms with van der Waals surface area (Å²) in [5.74, 6) is 0.827. The highest BCUT2D eigenvalue weighted by Crippen LogP contribution is 2.30. The van der Waals surface area contributed by atoms with Gasteiger partial charge in [0.05, 0.1) is 37.5 Å². The van der Waals surface area contributed by atoms with E-state index in [9.17, 15) is 18.3 Å². The maximum absolute atomic E-state index is 14.4. The minimum atomic E-state index is -4.06. The topological polar surface area (TPSA) is 144 Å². The van der Waals surface area contributed by atoms with Gasteiger partial charge >= 0.3 is 0 Å². The molecule has 1 aliphatic rings. The number of fused-ring (bicyclic) bond motifs is 1. The molecule has 264 valence electrons. The number of aromatic nitrogens is 1. The lowest BCUT2D eigenvalue weighted by atomic mass is 10.0. The summed E-state index contributed by atoms with van der Waals surface area (Å²) < 4.78 is 52.3. The molecule has 0 fully saturated rings. The van der Waals surface area contributed by atoms with Crippen molar-refractivity contribution in [3.63, 3.8) is 0 Å². The second-order valence-corrected chi connectivity index (χ2v) is 14.4. The molecular weight excluding hydrogens is 636 g/mol. The molecule has 4 rings (SSSR count). The van der Waals surface area contributed by atoms with E-state index in [4.69, 9.17) is 18.7 Å². The first-order chi connectivity index (χ1) is 22.8. The molecule has 12 nitrogen and oxygen atoms in total. The maximum Gasteiger partial charge on any atom is 0.267 e. The van der Waals surface area contributed by atoms with E-state index < -0.39 is 16.1 Å². The van der Waals surface area contributed by atoms with Crippen molar-refractivity contribution in [2.45, 2.75) is 83.6 Å². The Kier molecular flexibility index (Phi) is 12.9. The monoisotopic (exact) mass is 686 g/mol. The number of carbonyl (C=O) groups excluding carboxylic acids is 1. The molecule has 0 aliphatic carbocycles. The fourth-order valence-corrected chi connectivity index (χ4v) is 7.31. The van der Waals surface area contributed by atoms with E-state index in [1.54, 1.807) is 38.0 Å². The van der Waals surface area contributed by atoms with Crippen LogP contribution in [0.4, 0.5) is 5.69 Å². The molecule has 2 N–H and O–H groups in total. The van der Waals surface area contributed by atoms with Gasteiger partial charge < -0.3 is 28.7 Å². The Bertz CT molecular complexity index is 1590. The Hall–Kier alpha value is -3.65. The maximum atomic E-state index is 14.4. The first kappa shape index (κ1) is 37.2. The van der Waals surface area contributed by atoms with Crippen molar-refractivity contribution in [1.82, 2.24) is 15.0 Å². The zero-order valence-corrected chi connectivity index (χ0v) is 29.9. The van der Waals surface area contributed by atoms with Gasteiger partial charge in [-0.15, -0.1) is 0 Å². The Morgan fingerprint density at radius 2 is 1.88 bits per heavy atom. The summed E-state index contributed by atoms with van der Waals surface area (Å²) in [7, 11) is -0.369. The number of hydrogen-bond donors (Lipinski definition) is 2. The van der Waals surface area contributed by atoms with Crippen LogP contribution in [0.2, 0.25) is 0 Å².